The molecule has 9 heteroatoms. The van der Waals surface area contributed by atoms with Crippen LogP contribution in [0.3, 0.4) is 0 Å². The average molecular weight is 309 g/mol. The largest absolute Gasteiger partial charge is 0.383 e. The molecule has 0 aliphatic heterocycles. The number of halogens is 2. The van der Waals surface area contributed by atoms with Gasteiger partial charge in [0.05, 0.1) is 12.3 Å². The molecule has 6 nitrogen and oxygen atoms in total. The van der Waals surface area contributed by atoms with Crippen molar-refractivity contribution >= 4 is 15.7 Å². The zero-order valence-electron chi connectivity index (χ0n) is 11.0. The summed E-state index contributed by atoms with van der Waals surface area (Å²) in [7, 11) is -3.80. The predicted octanol–water partition coefficient (Wildman–Crippen LogP) is 1.07. The summed E-state index contributed by atoms with van der Waals surface area (Å²) in [6.45, 7) is 1.43. The molecule has 0 saturated carbocycles. The third-order valence-corrected chi connectivity index (χ3v) is 3.59. The Balaban J connectivity index is 2.60. The molecule has 0 fully saturated rings. The Kier molecular flexibility index (Phi) is 6.76. The first-order valence-corrected chi connectivity index (χ1v) is 7.50. The Morgan fingerprint density at radius 3 is 2.85 bits per heavy atom. The van der Waals surface area contributed by atoms with Crippen LogP contribution in [0.4, 0.5) is 14.5 Å². The molecule has 0 radical (unpaired) electrons. The maximum absolute atomic E-state index is 12.0. The fourth-order valence-electron chi connectivity index (χ4n) is 1.42. The van der Waals surface area contributed by atoms with Gasteiger partial charge in [-0.1, -0.05) is 0 Å². The lowest BCUT2D eigenvalue weighted by atomic mass is 10.4. The van der Waals surface area contributed by atoms with Crippen molar-refractivity contribution in [3.8, 4) is 0 Å². The van der Waals surface area contributed by atoms with E-state index in [0.29, 0.717) is 12.2 Å². The van der Waals surface area contributed by atoms with Crippen molar-refractivity contribution in [2.75, 3.05) is 31.6 Å². The second-order valence-electron chi connectivity index (χ2n) is 3.75. The number of alkyl halides is 2. The summed E-state index contributed by atoms with van der Waals surface area (Å²) in [5.74, 6) is 0. The van der Waals surface area contributed by atoms with Gasteiger partial charge in [-0.25, -0.2) is 26.9 Å². The van der Waals surface area contributed by atoms with E-state index >= 15 is 0 Å². The van der Waals surface area contributed by atoms with Gasteiger partial charge >= 0.3 is 0 Å². The molecule has 1 aromatic heterocycles. The van der Waals surface area contributed by atoms with Crippen LogP contribution < -0.4 is 10.0 Å². The van der Waals surface area contributed by atoms with Crippen LogP contribution in [-0.4, -0.2) is 46.1 Å². The molecule has 1 rings (SSSR count). The van der Waals surface area contributed by atoms with Crippen LogP contribution in [0, 0.1) is 0 Å². The highest BCUT2D eigenvalue weighted by Gasteiger charge is 2.19. The zero-order valence-corrected chi connectivity index (χ0v) is 11.8. The van der Waals surface area contributed by atoms with Gasteiger partial charge in [-0.05, 0) is 19.1 Å². The minimum atomic E-state index is -3.80. The van der Waals surface area contributed by atoms with Gasteiger partial charge in [0.2, 0.25) is 0 Å². The molecule has 0 unspecified atom stereocenters. The Bertz CT molecular complexity index is 511. The van der Waals surface area contributed by atoms with E-state index < -0.39 is 23.1 Å². The summed E-state index contributed by atoms with van der Waals surface area (Å²) in [4.78, 5) is 3.82. The van der Waals surface area contributed by atoms with E-state index in [4.69, 9.17) is 0 Å². The summed E-state index contributed by atoms with van der Waals surface area (Å²) in [6, 6.07) is 3.21. The summed E-state index contributed by atoms with van der Waals surface area (Å²) >= 11 is 0. The SMILES string of the molecule is CCNc1cccnc1S(=O)(=O)NCCOCC(F)F. The standard InChI is InChI=1S/C11H17F2N3O3S/c1-2-14-9-4-3-5-15-11(9)20(17,18)16-6-7-19-8-10(12)13/h3-5,10,14,16H,2,6-8H2,1H3. The number of anilines is 1. The first-order valence-electron chi connectivity index (χ1n) is 6.01. The lowest BCUT2D eigenvalue weighted by molar-refractivity contribution is 0.0199. The quantitative estimate of drug-likeness (QED) is 0.667. The molecule has 0 bridgehead atoms. The van der Waals surface area contributed by atoms with E-state index in [0.717, 1.165) is 0 Å². The zero-order chi connectivity index (χ0) is 15.0. The van der Waals surface area contributed by atoms with E-state index in [1.807, 2.05) is 6.92 Å². The van der Waals surface area contributed by atoms with Crippen LogP contribution in [0.15, 0.2) is 23.4 Å². The van der Waals surface area contributed by atoms with Crippen LogP contribution in [0.25, 0.3) is 0 Å². The summed E-state index contributed by atoms with van der Waals surface area (Å²) < 4.78 is 54.5. The molecule has 0 amide bonds. The van der Waals surface area contributed by atoms with E-state index in [1.165, 1.54) is 6.20 Å². The Hall–Kier alpha value is -1.32. The number of sulfonamides is 1. The molecular weight excluding hydrogens is 292 g/mol. The smallest absolute Gasteiger partial charge is 0.261 e. The molecule has 20 heavy (non-hydrogen) atoms. The lowest BCUT2D eigenvalue weighted by Gasteiger charge is -2.11. The van der Waals surface area contributed by atoms with Crippen molar-refractivity contribution in [3.63, 3.8) is 0 Å². The number of hydrogen-bond acceptors (Lipinski definition) is 5. The molecular formula is C11H17F2N3O3S. The number of aromatic nitrogens is 1. The van der Waals surface area contributed by atoms with Gasteiger partial charge < -0.3 is 10.1 Å². The van der Waals surface area contributed by atoms with Crippen molar-refractivity contribution in [1.82, 2.24) is 9.71 Å². The van der Waals surface area contributed by atoms with E-state index in [9.17, 15) is 17.2 Å². The predicted molar refractivity (Wildman–Crippen MR) is 70.4 cm³/mol. The molecule has 1 heterocycles. The number of rotatable bonds is 9. The monoisotopic (exact) mass is 309 g/mol. The van der Waals surface area contributed by atoms with Gasteiger partial charge in [-0.15, -0.1) is 0 Å². The van der Waals surface area contributed by atoms with Crippen molar-refractivity contribution in [2.45, 2.75) is 18.4 Å². The molecule has 0 atom stereocenters. The number of nitrogens with zero attached hydrogens (tertiary/aromatic N) is 1. The topological polar surface area (TPSA) is 80.3 Å². The van der Waals surface area contributed by atoms with Crippen LogP contribution in [0.2, 0.25) is 0 Å². The molecule has 0 spiro atoms. The van der Waals surface area contributed by atoms with Gasteiger partial charge in [-0.3, -0.25) is 0 Å². The van der Waals surface area contributed by atoms with Gasteiger partial charge in [0.15, 0.2) is 5.03 Å². The van der Waals surface area contributed by atoms with E-state index in [-0.39, 0.29) is 18.2 Å². The van der Waals surface area contributed by atoms with Crippen molar-refractivity contribution in [2.24, 2.45) is 0 Å². The highest BCUT2D eigenvalue weighted by molar-refractivity contribution is 7.89. The van der Waals surface area contributed by atoms with E-state index in [2.05, 4.69) is 19.8 Å². The van der Waals surface area contributed by atoms with Crippen molar-refractivity contribution in [1.29, 1.82) is 0 Å². The number of ether oxygens (including phenoxy) is 1. The van der Waals surface area contributed by atoms with Crippen molar-refractivity contribution in [3.05, 3.63) is 18.3 Å². The van der Waals surface area contributed by atoms with Gasteiger partial charge in [0, 0.05) is 19.3 Å². The van der Waals surface area contributed by atoms with Crippen LogP contribution in [-0.2, 0) is 14.8 Å². The molecule has 0 aliphatic rings. The fraction of sp³-hybridized carbons (Fsp3) is 0.545. The van der Waals surface area contributed by atoms with Crippen molar-refractivity contribution < 1.29 is 21.9 Å². The average Bonchev–Trinajstić information content (AvgIpc) is 2.38. The maximum atomic E-state index is 12.0. The number of nitrogens with one attached hydrogen (secondary N) is 2. The summed E-state index contributed by atoms with van der Waals surface area (Å²) in [5, 5.41) is 2.76. The Morgan fingerprint density at radius 2 is 2.20 bits per heavy atom. The molecule has 1 aromatic rings. The number of hydrogen-bond donors (Lipinski definition) is 2. The molecule has 0 saturated heterocycles. The van der Waals surface area contributed by atoms with E-state index in [1.54, 1.807) is 12.1 Å². The van der Waals surface area contributed by atoms with Gasteiger partial charge in [0.1, 0.15) is 6.61 Å². The Labute approximate surface area is 116 Å². The lowest BCUT2D eigenvalue weighted by Crippen LogP contribution is -2.29. The minimum absolute atomic E-state index is 0.100. The van der Waals surface area contributed by atoms with Gasteiger partial charge in [0.25, 0.3) is 16.4 Å². The Morgan fingerprint density at radius 1 is 1.45 bits per heavy atom. The fourth-order valence-corrected chi connectivity index (χ4v) is 2.54. The number of pyridine rings is 1. The van der Waals surface area contributed by atoms with Crippen LogP contribution in [0.1, 0.15) is 6.92 Å². The van der Waals surface area contributed by atoms with Crippen LogP contribution >= 0.6 is 0 Å². The highest BCUT2D eigenvalue weighted by atomic mass is 32.2. The third-order valence-electron chi connectivity index (χ3n) is 2.18. The molecule has 0 aromatic carbocycles. The first kappa shape index (κ1) is 16.7. The van der Waals surface area contributed by atoms with Gasteiger partial charge in [-0.2, -0.15) is 0 Å². The molecule has 114 valence electrons. The second-order valence-corrected chi connectivity index (χ2v) is 5.43. The minimum Gasteiger partial charge on any atom is -0.383 e. The normalized spacial score (nSPS) is 11.8. The summed E-state index contributed by atoms with van der Waals surface area (Å²) in [6.07, 6.45) is -1.20. The highest BCUT2D eigenvalue weighted by Crippen LogP contribution is 2.17. The first-order chi connectivity index (χ1) is 9.47. The molecule has 0 aliphatic carbocycles. The third kappa shape index (κ3) is 5.35. The second kappa shape index (κ2) is 8.08. The molecule has 2 N–H and O–H groups in total. The summed E-state index contributed by atoms with van der Waals surface area (Å²) in [5.41, 5.74) is 0.385. The van der Waals surface area contributed by atoms with Crippen LogP contribution in [0.5, 0.6) is 0 Å². The maximum Gasteiger partial charge on any atom is 0.261 e.